The summed E-state index contributed by atoms with van der Waals surface area (Å²) in [5, 5.41) is 1.24. The molecule has 1 saturated carbocycles. The van der Waals surface area contributed by atoms with Crippen LogP contribution in [0.4, 0.5) is 0 Å². The molecule has 1 atom stereocenters. The van der Waals surface area contributed by atoms with Crippen LogP contribution >= 0.6 is 11.8 Å². The van der Waals surface area contributed by atoms with E-state index in [-0.39, 0.29) is 0 Å². The third-order valence-electron chi connectivity index (χ3n) is 3.05. The van der Waals surface area contributed by atoms with Crippen LogP contribution in [-0.2, 0) is 0 Å². The van der Waals surface area contributed by atoms with Crippen LogP contribution in [0.1, 0.15) is 29.3 Å². The summed E-state index contributed by atoms with van der Waals surface area (Å²) >= 11 is 1.74. The zero-order valence-corrected chi connectivity index (χ0v) is 11.1. The molecule has 0 spiro atoms. The Kier molecular flexibility index (Phi) is 3.28. The topological polar surface area (TPSA) is 38.7 Å². The van der Waals surface area contributed by atoms with Gasteiger partial charge in [0.15, 0.2) is 5.16 Å². The summed E-state index contributed by atoms with van der Waals surface area (Å²) in [7, 11) is 0. The van der Waals surface area contributed by atoms with Crippen LogP contribution in [-0.4, -0.2) is 15.0 Å². The van der Waals surface area contributed by atoms with Gasteiger partial charge in [-0.25, -0.2) is 9.97 Å². The molecule has 1 fully saturated rings. The summed E-state index contributed by atoms with van der Waals surface area (Å²) in [5.74, 6) is 0.730. The second-order valence-electron chi connectivity index (χ2n) is 4.67. The molecule has 0 saturated heterocycles. The average Bonchev–Trinajstić information content (AvgIpc) is 3.21. The molecule has 0 aromatic carbocycles. The SMILES string of the molecule is Cc1ccnc(C(Sc2ncccn2)C2CC2)c1. The first-order valence-corrected chi connectivity index (χ1v) is 7.07. The van der Waals surface area contributed by atoms with E-state index in [0.29, 0.717) is 5.25 Å². The molecule has 3 rings (SSSR count). The normalized spacial score (nSPS) is 16.5. The lowest BCUT2D eigenvalue weighted by molar-refractivity contribution is 0.773. The van der Waals surface area contributed by atoms with Crippen LogP contribution in [0.2, 0.25) is 0 Å². The summed E-state index contributed by atoms with van der Waals surface area (Å²) in [4.78, 5) is 13.1. The number of nitrogens with zero attached hydrogens (tertiary/aromatic N) is 3. The zero-order valence-electron chi connectivity index (χ0n) is 10.3. The summed E-state index contributed by atoms with van der Waals surface area (Å²) in [6.45, 7) is 2.11. The Morgan fingerprint density at radius 3 is 2.61 bits per heavy atom. The lowest BCUT2D eigenvalue weighted by atomic mass is 10.1. The van der Waals surface area contributed by atoms with Crippen LogP contribution < -0.4 is 0 Å². The first kappa shape index (κ1) is 11.7. The monoisotopic (exact) mass is 257 g/mol. The van der Waals surface area contributed by atoms with E-state index in [4.69, 9.17) is 0 Å². The molecule has 4 heteroatoms. The molecule has 2 aromatic rings. The van der Waals surface area contributed by atoms with Gasteiger partial charge in [-0.3, -0.25) is 4.98 Å². The lowest BCUT2D eigenvalue weighted by Crippen LogP contribution is -2.01. The number of pyridine rings is 1. The van der Waals surface area contributed by atoms with Gasteiger partial charge in [0, 0.05) is 18.6 Å². The summed E-state index contributed by atoms with van der Waals surface area (Å²) in [6, 6.07) is 6.07. The maximum absolute atomic E-state index is 4.52. The summed E-state index contributed by atoms with van der Waals surface area (Å²) in [6.07, 6.45) is 8.07. The van der Waals surface area contributed by atoms with Gasteiger partial charge in [0.05, 0.1) is 10.9 Å². The molecular formula is C14H15N3S. The number of aryl methyl sites for hydroxylation is 1. The predicted octanol–water partition coefficient (Wildman–Crippen LogP) is 3.42. The Labute approximate surface area is 111 Å². The van der Waals surface area contributed by atoms with Crippen LogP contribution in [0.15, 0.2) is 41.9 Å². The predicted molar refractivity (Wildman–Crippen MR) is 72.3 cm³/mol. The molecule has 2 heterocycles. The highest BCUT2D eigenvalue weighted by atomic mass is 32.2. The Bertz CT molecular complexity index is 526. The quantitative estimate of drug-likeness (QED) is 0.621. The maximum Gasteiger partial charge on any atom is 0.188 e. The van der Waals surface area contributed by atoms with Crippen molar-refractivity contribution in [3.8, 4) is 0 Å². The Balaban J connectivity index is 1.85. The molecule has 1 aliphatic carbocycles. The number of hydrogen-bond acceptors (Lipinski definition) is 4. The highest BCUT2D eigenvalue weighted by Crippen LogP contribution is 2.49. The minimum atomic E-state index is 0.396. The third kappa shape index (κ3) is 2.70. The number of hydrogen-bond donors (Lipinski definition) is 0. The molecule has 0 N–H and O–H groups in total. The number of aromatic nitrogens is 3. The van der Waals surface area contributed by atoms with Crippen LogP contribution in [0.3, 0.4) is 0 Å². The van der Waals surface area contributed by atoms with Crippen molar-refractivity contribution in [2.75, 3.05) is 0 Å². The van der Waals surface area contributed by atoms with Gasteiger partial charge in [0.25, 0.3) is 0 Å². The van der Waals surface area contributed by atoms with Gasteiger partial charge in [-0.15, -0.1) is 0 Å². The molecule has 1 aliphatic rings. The molecule has 0 radical (unpaired) electrons. The lowest BCUT2D eigenvalue weighted by Gasteiger charge is -2.14. The highest BCUT2D eigenvalue weighted by molar-refractivity contribution is 7.99. The van der Waals surface area contributed by atoms with Crippen molar-refractivity contribution in [3.05, 3.63) is 48.0 Å². The Hall–Kier alpha value is -1.42. The molecule has 0 bridgehead atoms. The zero-order chi connectivity index (χ0) is 12.4. The average molecular weight is 257 g/mol. The van der Waals surface area contributed by atoms with Crippen molar-refractivity contribution in [1.29, 1.82) is 0 Å². The largest absolute Gasteiger partial charge is 0.260 e. The van der Waals surface area contributed by atoms with Crippen molar-refractivity contribution >= 4 is 11.8 Å². The van der Waals surface area contributed by atoms with E-state index < -0.39 is 0 Å². The summed E-state index contributed by atoms with van der Waals surface area (Å²) < 4.78 is 0. The Morgan fingerprint density at radius 2 is 1.94 bits per heavy atom. The second kappa shape index (κ2) is 5.06. The van der Waals surface area contributed by atoms with Crippen LogP contribution in [0.5, 0.6) is 0 Å². The maximum atomic E-state index is 4.52. The minimum absolute atomic E-state index is 0.396. The van der Waals surface area contributed by atoms with Gasteiger partial charge in [-0.1, -0.05) is 11.8 Å². The highest BCUT2D eigenvalue weighted by Gasteiger charge is 2.34. The molecule has 3 nitrogen and oxygen atoms in total. The molecular weight excluding hydrogens is 242 g/mol. The van der Waals surface area contributed by atoms with Gasteiger partial charge >= 0.3 is 0 Å². The smallest absolute Gasteiger partial charge is 0.188 e. The number of rotatable bonds is 4. The number of thioether (sulfide) groups is 1. The van der Waals surface area contributed by atoms with Crippen molar-refractivity contribution in [2.45, 2.75) is 30.2 Å². The fourth-order valence-corrected chi connectivity index (χ4v) is 3.16. The van der Waals surface area contributed by atoms with Crippen molar-refractivity contribution in [3.63, 3.8) is 0 Å². The van der Waals surface area contributed by atoms with Gasteiger partial charge in [0.1, 0.15) is 0 Å². The van der Waals surface area contributed by atoms with Gasteiger partial charge in [0.2, 0.25) is 0 Å². The fraction of sp³-hybridized carbons (Fsp3) is 0.357. The third-order valence-corrected chi connectivity index (χ3v) is 4.35. The summed E-state index contributed by atoms with van der Waals surface area (Å²) in [5.41, 5.74) is 2.43. The first-order valence-electron chi connectivity index (χ1n) is 6.19. The van der Waals surface area contributed by atoms with Gasteiger partial charge < -0.3 is 0 Å². The van der Waals surface area contributed by atoms with E-state index in [1.807, 2.05) is 18.3 Å². The molecule has 92 valence electrons. The Morgan fingerprint density at radius 1 is 1.17 bits per heavy atom. The fourth-order valence-electron chi connectivity index (χ4n) is 1.97. The first-order chi connectivity index (χ1) is 8.83. The molecule has 1 unspecified atom stereocenters. The van der Waals surface area contributed by atoms with E-state index in [1.54, 1.807) is 24.2 Å². The van der Waals surface area contributed by atoms with E-state index in [2.05, 4.69) is 27.9 Å². The van der Waals surface area contributed by atoms with E-state index in [0.717, 1.165) is 16.8 Å². The van der Waals surface area contributed by atoms with Crippen molar-refractivity contribution in [1.82, 2.24) is 15.0 Å². The van der Waals surface area contributed by atoms with E-state index in [1.165, 1.54) is 18.4 Å². The molecule has 0 aliphatic heterocycles. The van der Waals surface area contributed by atoms with E-state index in [9.17, 15) is 0 Å². The molecule has 2 aromatic heterocycles. The molecule has 18 heavy (non-hydrogen) atoms. The van der Waals surface area contributed by atoms with E-state index >= 15 is 0 Å². The van der Waals surface area contributed by atoms with Crippen molar-refractivity contribution in [2.24, 2.45) is 5.92 Å². The standard InChI is InChI=1S/C14H15N3S/c1-10-5-8-15-12(9-10)13(11-3-4-11)18-14-16-6-2-7-17-14/h2,5-9,11,13H,3-4H2,1H3. The minimum Gasteiger partial charge on any atom is -0.260 e. The molecule has 0 amide bonds. The van der Waals surface area contributed by atoms with Crippen LogP contribution in [0.25, 0.3) is 0 Å². The van der Waals surface area contributed by atoms with Gasteiger partial charge in [-0.2, -0.15) is 0 Å². The second-order valence-corrected chi connectivity index (χ2v) is 5.77. The van der Waals surface area contributed by atoms with Gasteiger partial charge in [-0.05, 0) is 49.4 Å². The van der Waals surface area contributed by atoms with Crippen LogP contribution in [0, 0.1) is 12.8 Å². The van der Waals surface area contributed by atoms with Crippen molar-refractivity contribution < 1.29 is 0 Å².